The molecule has 0 atom stereocenters. The lowest BCUT2D eigenvalue weighted by Crippen LogP contribution is -2.00. The van der Waals surface area contributed by atoms with E-state index in [4.69, 9.17) is 15.2 Å². The lowest BCUT2D eigenvalue weighted by atomic mass is 10.1. The summed E-state index contributed by atoms with van der Waals surface area (Å²) >= 11 is 0. The van der Waals surface area contributed by atoms with Crippen LogP contribution in [0.5, 0.6) is 11.5 Å². The van der Waals surface area contributed by atoms with Crippen LogP contribution in [0, 0.1) is 5.82 Å². The second-order valence-electron chi connectivity index (χ2n) is 3.75. The van der Waals surface area contributed by atoms with Crippen LogP contribution in [-0.4, -0.2) is 24.0 Å². The first-order valence-electron chi connectivity index (χ1n) is 5.27. The van der Waals surface area contributed by atoms with Gasteiger partial charge in [0.15, 0.2) is 0 Å². The zero-order valence-electron chi connectivity index (χ0n) is 10.4. The maximum atomic E-state index is 13.4. The topological polar surface area (TPSA) is 62.3 Å². The van der Waals surface area contributed by atoms with Crippen LogP contribution < -0.4 is 15.2 Å². The lowest BCUT2D eigenvalue weighted by Gasteiger charge is -2.13. The van der Waals surface area contributed by atoms with Gasteiger partial charge in [-0.15, -0.1) is 0 Å². The number of methoxy groups -OCH3 is 2. The quantitative estimate of drug-likeness (QED) is 0.903. The number of nitrogen functional groups attached to an aromatic ring is 1. The number of rotatable bonds is 3. The van der Waals surface area contributed by atoms with Crippen LogP contribution in [0.25, 0.3) is 11.1 Å². The Morgan fingerprint density at radius 3 is 2.17 bits per heavy atom. The van der Waals surface area contributed by atoms with E-state index in [0.717, 1.165) is 0 Å². The van der Waals surface area contributed by atoms with Gasteiger partial charge in [-0.05, 0) is 0 Å². The molecule has 6 heteroatoms. The monoisotopic (exact) mass is 251 g/mol. The molecule has 5 nitrogen and oxygen atoms in total. The number of hydrogen-bond donors (Lipinski definition) is 1. The van der Waals surface area contributed by atoms with Crippen molar-refractivity contribution >= 4 is 5.82 Å². The molecule has 0 saturated carbocycles. The Bertz CT molecular complexity index is 556. The van der Waals surface area contributed by atoms with Crippen LogP contribution in [0.3, 0.4) is 0 Å². The van der Waals surface area contributed by atoms with E-state index in [0.29, 0.717) is 28.4 Å². The third-order valence-electron chi connectivity index (χ3n) is 2.72. The molecule has 2 rings (SSSR count). The van der Waals surface area contributed by atoms with Gasteiger partial charge in [-0.25, -0.2) is 4.39 Å². The minimum absolute atomic E-state index is 0.353. The molecule has 0 radical (unpaired) electrons. The summed E-state index contributed by atoms with van der Waals surface area (Å²) in [5.41, 5.74) is 7.15. The Morgan fingerprint density at radius 1 is 1.22 bits per heavy atom. The Morgan fingerprint density at radius 2 is 1.78 bits per heavy atom. The first-order valence-corrected chi connectivity index (χ1v) is 5.27. The molecular formula is C12H14FN3O2. The van der Waals surface area contributed by atoms with E-state index < -0.39 is 5.82 Å². The van der Waals surface area contributed by atoms with Crippen LogP contribution in [0.4, 0.5) is 10.2 Å². The van der Waals surface area contributed by atoms with E-state index in [9.17, 15) is 4.39 Å². The summed E-state index contributed by atoms with van der Waals surface area (Å²) < 4.78 is 25.3. The highest BCUT2D eigenvalue weighted by atomic mass is 19.1. The van der Waals surface area contributed by atoms with Gasteiger partial charge in [-0.1, -0.05) is 0 Å². The normalized spacial score (nSPS) is 10.4. The molecule has 18 heavy (non-hydrogen) atoms. The van der Waals surface area contributed by atoms with Crippen molar-refractivity contribution in [2.75, 3.05) is 20.0 Å². The maximum Gasteiger partial charge on any atom is 0.133 e. The Hall–Kier alpha value is -2.24. The maximum absolute atomic E-state index is 13.4. The molecular weight excluding hydrogens is 237 g/mol. The van der Waals surface area contributed by atoms with Gasteiger partial charge in [-0.2, -0.15) is 5.10 Å². The largest absolute Gasteiger partial charge is 0.496 e. The number of hydrogen-bond acceptors (Lipinski definition) is 4. The van der Waals surface area contributed by atoms with E-state index in [1.807, 2.05) is 0 Å². The summed E-state index contributed by atoms with van der Waals surface area (Å²) in [6.07, 6.45) is 1.59. The van der Waals surface area contributed by atoms with Gasteiger partial charge in [0.2, 0.25) is 0 Å². The number of nitrogens with zero attached hydrogens (tertiary/aromatic N) is 2. The first-order chi connectivity index (χ1) is 8.58. The third kappa shape index (κ3) is 1.85. The van der Waals surface area contributed by atoms with Crippen molar-refractivity contribution in [2.24, 2.45) is 7.05 Å². The minimum atomic E-state index is -0.435. The number of aryl methyl sites for hydroxylation is 1. The zero-order chi connectivity index (χ0) is 13.3. The van der Waals surface area contributed by atoms with Gasteiger partial charge in [0.1, 0.15) is 23.1 Å². The van der Waals surface area contributed by atoms with Crippen molar-refractivity contribution < 1.29 is 13.9 Å². The molecule has 1 aromatic carbocycles. The molecule has 0 spiro atoms. The second-order valence-corrected chi connectivity index (χ2v) is 3.75. The van der Waals surface area contributed by atoms with Crippen molar-refractivity contribution in [1.29, 1.82) is 0 Å². The zero-order valence-corrected chi connectivity index (χ0v) is 10.4. The van der Waals surface area contributed by atoms with Crippen molar-refractivity contribution in [1.82, 2.24) is 9.78 Å². The lowest BCUT2D eigenvalue weighted by molar-refractivity contribution is 0.392. The van der Waals surface area contributed by atoms with Crippen molar-refractivity contribution in [3.63, 3.8) is 0 Å². The van der Waals surface area contributed by atoms with Crippen molar-refractivity contribution in [3.05, 3.63) is 24.1 Å². The van der Waals surface area contributed by atoms with Crippen LogP contribution in [0.1, 0.15) is 0 Å². The van der Waals surface area contributed by atoms with E-state index in [2.05, 4.69) is 5.10 Å². The molecule has 0 saturated heterocycles. The predicted molar refractivity (Wildman–Crippen MR) is 66.1 cm³/mol. The Kier molecular flexibility index (Phi) is 3.10. The fourth-order valence-electron chi connectivity index (χ4n) is 1.78. The SMILES string of the molecule is COc1cc(F)cc(OC)c1-c1cnn(C)c1N. The fraction of sp³-hybridized carbons (Fsp3) is 0.250. The molecule has 2 aromatic rings. The molecule has 1 aromatic heterocycles. The average Bonchev–Trinajstić information content (AvgIpc) is 2.69. The second kappa shape index (κ2) is 4.56. The van der Waals surface area contributed by atoms with Crippen LogP contribution in [0.2, 0.25) is 0 Å². The van der Waals surface area contributed by atoms with Gasteiger partial charge in [-0.3, -0.25) is 4.68 Å². The first kappa shape index (κ1) is 12.2. The number of aromatic nitrogens is 2. The fourth-order valence-corrected chi connectivity index (χ4v) is 1.78. The number of nitrogens with two attached hydrogens (primary N) is 1. The van der Waals surface area contributed by atoms with Crippen LogP contribution >= 0.6 is 0 Å². The molecule has 0 aliphatic heterocycles. The summed E-state index contributed by atoms with van der Waals surface area (Å²) in [7, 11) is 4.65. The highest BCUT2D eigenvalue weighted by molar-refractivity contribution is 5.83. The Labute approximate surface area is 104 Å². The summed E-state index contributed by atoms with van der Waals surface area (Å²) in [4.78, 5) is 0. The van der Waals surface area contributed by atoms with Gasteiger partial charge in [0, 0.05) is 19.2 Å². The molecule has 0 fully saturated rings. The molecule has 0 unspecified atom stereocenters. The summed E-state index contributed by atoms with van der Waals surface area (Å²) in [5.74, 6) is 0.728. The molecule has 0 aliphatic rings. The molecule has 2 N–H and O–H groups in total. The van der Waals surface area contributed by atoms with Gasteiger partial charge < -0.3 is 15.2 Å². The van der Waals surface area contributed by atoms with E-state index in [-0.39, 0.29) is 0 Å². The summed E-state index contributed by atoms with van der Waals surface area (Å²) in [6, 6.07) is 2.56. The van der Waals surface area contributed by atoms with Crippen molar-refractivity contribution in [3.8, 4) is 22.6 Å². The highest BCUT2D eigenvalue weighted by Gasteiger charge is 2.19. The average molecular weight is 251 g/mol. The number of halogens is 1. The number of benzene rings is 1. The molecule has 0 bridgehead atoms. The van der Waals surface area contributed by atoms with Gasteiger partial charge in [0.25, 0.3) is 0 Å². The van der Waals surface area contributed by atoms with Crippen molar-refractivity contribution in [2.45, 2.75) is 0 Å². The minimum Gasteiger partial charge on any atom is -0.496 e. The molecule has 0 aliphatic carbocycles. The molecule has 1 heterocycles. The standard InChI is InChI=1S/C12H14FN3O2/c1-16-12(14)8(6-15-16)11-9(17-2)4-7(13)5-10(11)18-3/h4-6H,14H2,1-3H3. The Balaban J connectivity index is 2.72. The van der Waals surface area contributed by atoms with E-state index >= 15 is 0 Å². The number of anilines is 1. The van der Waals surface area contributed by atoms with Gasteiger partial charge >= 0.3 is 0 Å². The van der Waals surface area contributed by atoms with Crippen LogP contribution in [0.15, 0.2) is 18.3 Å². The third-order valence-corrected chi connectivity index (χ3v) is 2.72. The summed E-state index contributed by atoms with van der Waals surface area (Å²) in [6.45, 7) is 0. The van der Waals surface area contributed by atoms with Gasteiger partial charge in [0.05, 0.1) is 31.5 Å². The molecule has 96 valence electrons. The van der Waals surface area contributed by atoms with E-state index in [1.54, 1.807) is 13.2 Å². The highest BCUT2D eigenvalue weighted by Crippen LogP contribution is 2.41. The van der Waals surface area contributed by atoms with E-state index in [1.165, 1.54) is 31.0 Å². The number of ether oxygens (including phenoxy) is 2. The smallest absolute Gasteiger partial charge is 0.133 e. The van der Waals surface area contributed by atoms with Crippen LogP contribution in [-0.2, 0) is 7.05 Å². The summed E-state index contributed by atoms with van der Waals surface area (Å²) in [5, 5.41) is 4.05. The molecule has 0 amide bonds. The predicted octanol–water partition coefficient (Wildman–Crippen LogP) is 1.83.